The highest BCUT2D eigenvalue weighted by molar-refractivity contribution is 9.09. The summed E-state index contributed by atoms with van der Waals surface area (Å²) in [6, 6.07) is 14.8. The van der Waals surface area contributed by atoms with Crippen LogP contribution in [0, 0.1) is 5.41 Å². The summed E-state index contributed by atoms with van der Waals surface area (Å²) in [6.45, 7) is 4.22. The Morgan fingerprint density at radius 3 is 2.52 bits per heavy atom. The molecule has 2 spiro atoms. The van der Waals surface area contributed by atoms with Crippen LogP contribution in [0.15, 0.2) is 61.2 Å². The third kappa shape index (κ3) is 2.21. The average molecular weight is 510 g/mol. The van der Waals surface area contributed by atoms with Gasteiger partial charge in [0, 0.05) is 35.4 Å². The van der Waals surface area contributed by atoms with E-state index in [1.807, 2.05) is 53.4 Å². The van der Waals surface area contributed by atoms with Gasteiger partial charge in [-0.25, -0.2) is 0 Å². The van der Waals surface area contributed by atoms with Gasteiger partial charge in [0.15, 0.2) is 0 Å². The van der Waals surface area contributed by atoms with Gasteiger partial charge in [-0.1, -0.05) is 58.4 Å². The van der Waals surface area contributed by atoms with Gasteiger partial charge in [-0.3, -0.25) is 19.3 Å². The van der Waals surface area contributed by atoms with E-state index in [0.29, 0.717) is 22.5 Å². The molecule has 3 heterocycles. The molecule has 0 saturated carbocycles. The van der Waals surface area contributed by atoms with E-state index in [1.54, 1.807) is 18.0 Å². The topological polar surface area (TPSA) is 79.0 Å². The number of para-hydroxylation sites is 2. The van der Waals surface area contributed by atoms with Crippen molar-refractivity contribution in [3.8, 4) is 0 Å². The van der Waals surface area contributed by atoms with Crippen LogP contribution in [0.1, 0.15) is 11.1 Å². The number of anilines is 2. The molecule has 2 aromatic rings. The summed E-state index contributed by atoms with van der Waals surface area (Å²) in [4.78, 5) is 45.8. The number of amides is 2. The number of halogens is 1. The first-order chi connectivity index (χ1) is 15.9. The summed E-state index contributed by atoms with van der Waals surface area (Å²) in [5, 5.41) is 3.12. The molecule has 3 aliphatic heterocycles. The lowest BCUT2D eigenvalue weighted by Crippen LogP contribution is -2.66. The summed E-state index contributed by atoms with van der Waals surface area (Å²) < 4.78 is 5.33. The molecule has 1 fully saturated rings. The van der Waals surface area contributed by atoms with Gasteiger partial charge in [0.25, 0.3) is 5.91 Å². The molecule has 1 N–H and O–H groups in total. The minimum atomic E-state index is -1.57. The summed E-state index contributed by atoms with van der Waals surface area (Å²) in [7, 11) is 3.11. The fourth-order valence-corrected chi connectivity index (χ4v) is 7.28. The van der Waals surface area contributed by atoms with E-state index < -0.39 is 22.3 Å². The number of carbonyl (C=O) groups excluding carboxylic acids is 3. The van der Waals surface area contributed by atoms with Crippen LogP contribution in [0.25, 0.3) is 0 Å². The van der Waals surface area contributed by atoms with Gasteiger partial charge in [-0.05, 0) is 24.7 Å². The fraction of sp³-hybridized carbons (Fsp3) is 0.320. The van der Waals surface area contributed by atoms with E-state index in [0.717, 1.165) is 0 Å². The zero-order chi connectivity index (χ0) is 23.6. The molecule has 7 nitrogen and oxygen atoms in total. The van der Waals surface area contributed by atoms with Gasteiger partial charge in [0.1, 0.15) is 16.4 Å². The van der Waals surface area contributed by atoms with E-state index >= 15 is 0 Å². The Hall–Kier alpha value is -2.97. The monoisotopic (exact) mass is 509 g/mol. The summed E-state index contributed by atoms with van der Waals surface area (Å²) in [5.41, 5.74) is -1.77. The van der Waals surface area contributed by atoms with Crippen LogP contribution in [-0.2, 0) is 30.1 Å². The van der Waals surface area contributed by atoms with Crippen molar-refractivity contribution in [2.45, 2.75) is 11.0 Å². The second kappa shape index (κ2) is 7.27. The van der Waals surface area contributed by atoms with Gasteiger partial charge in [-0.2, -0.15) is 0 Å². The largest absolute Gasteiger partial charge is 0.468 e. The van der Waals surface area contributed by atoms with Gasteiger partial charge in [0.2, 0.25) is 5.91 Å². The van der Waals surface area contributed by atoms with Crippen molar-refractivity contribution >= 4 is 45.1 Å². The number of hydrogen-bond donors (Lipinski definition) is 1. The van der Waals surface area contributed by atoms with Crippen LogP contribution in [0.2, 0.25) is 0 Å². The van der Waals surface area contributed by atoms with Crippen LogP contribution < -0.4 is 10.2 Å². The number of carbonyl (C=O) groups is 3. The summed E-state index contributed by atoms with van der Waals surface area (Å²) in [5.74, 6) is -1.19. The van der Waals surface area contributed by atoms with Crippen LogP contribution in [0.5, 0.6) is 0 Å². The molecule has 0 bridgehead atoms. The van der Waals surface area contributed by atoms with Crippen LogP contribution in [-0.4, -0.2) is 55.3 Å². The van der Waals surface area contributed by atoms with E-state index in [2.05, 4.69) is 27.8 Å². The van der Waals surface area contributed by atoms with E-state index in [-0.39, 0.29) is 30.2 Å². The standard InChI is InChI=1S/C25H24BrN3O4/c1-4-13-29-19-12-8-6-10-17(19)24(21(29)31)23(14-26,22(32)33-3)15-28(2)25(24)16-9-5-7-11-18(16)27-20(25)30/h4-12H,1,13-15H2,2-3H3,(H,27,30)/t23-,24-,25-/m1/s1. The van der Waals surface area contributed by atoms with Crippen molar-refractivity contribution in [3.63, 3.8) is 0 Å². The smallest absolute Gasteiger partial charge is 0.315 e. The molecule has 170 valence electrons. The van der Waals surface area contributed by atoms with Gasteiger partial charge < -0.3 is 15.0 Å². The zero-order valence-electron chi connectivity index (χ0n) is 18.4. The Morgan fingerprint density at radius 2 is 1.85 bits per heavy atom. The molecule has 0 radical (unpaired) electrons. The number of alkyl halides is 1. The molecule has 8 heteroatoms. The third-order valence-electron chi connectivity index (χ3n) is 7.51. The number of benzene rings is 2. The van der Waals surface area contributed by atoms with Crippen molar-refractivity contribution in [2.75, 3.05) is 42.8 Å². The lowest BCUT2D eigenvalue weighted by atomic mass is 9.53. The number of likely N-dealkylation sites (N-methyl/N-ethyl adjacent to an activating group) is 1. The van der Waals surface area contributed by atoms with Gasteiger partial charge in [0.05, 0.1) is 7.11 Å². The first-order valence-corrected chi connectivity index (χ1v) is 11.8. The lowest BCUT2D eigenvalue weighted by molar-refractivity contribution is -0.159. The molecule has 5 rings (SSSR count). The number of ether oxygens (including phenoxy) is 1. The predicted octanol–water partition coefficient (Wildman–Crippen LogP) is 2.80. The number of hydrogen-bond acceptors (Lipinski definition) is 5. The molecule has 0 aromatic heterocycles. The molecule has 1 saturated heterocycles. The van der Waals surface area contributed by atoms with E-state index in [9.17, 15) is 14.4 Å². The number of methoxy groups -OCH3 is 1. The van der Waals surface area contributed by atoms with E-state index in [1.165, 1.54) is 7.11 Å². The minimum absolute atomic E-state index is 0.135. The van der Waals surface area contributed by atoms with Crippen molar-refractivity contribution < 1.29 is 19.1 Å². The SMILES string of the molecule is C=CCN1C(=O)[C@]2(c3ccccc31)[C@@](CBr)(C(=O)OC)CN(C)[C@]21C(=O)Nc2ccccc21. The Labute approximate surface area is 200 Å². The molecule has 3 aliphatic rings. The Bertz CT molecular complexity index is 1220. The molecular formula is C25H24BrN3O4. The maximum Gasteiger partial charge on any atom is 0.315 e. The van der Waals surface area contributed by atoms with E-state index in [4.69, 9.17) is 4.74 Å². The first kappa shape index (κ1) is 21.9. The first-order valence-electron chi connectivity index (χ1n) is 10.7. The maximum absolute atomic E-state index is 14.7. The van der Waals surface area contributed by atoms with Crippen molar-refractivity contribution in [2.24, 2.45) is 5.41 Å². The number of esters is 1. The molecule has 0 unspecified atom stereocenters. The number of nitrogens with zero attached hydrogens (tertiary/aromatic N) is 2. The molecule has 33 heavy (non-hydrogen) atoms. The van der Waals surface area contributed by atoms with Crippen molar-refractivity contribution in [3.05, 3.63) is 72.3 Å². The average Bonchev–Trinajstić information content (AvgIpc) is 3.37. The number of likely N-dealkylation sites (tertiary alicyclic amines) is 1. The molecule has 2 amide bonds. The highest BCUT2D eigenvalue weighted by atomic mass is 79.9. The number of fused-ring (bicyclic) bond motifs is 5. The Kier molecular flexibility index (Phi) is 4.81. The second-order valence-corrected chi connectivity index (χ2v) is 9.31. The highest BCUT2D eigenvalue weighted by Crippen LogP contribution is 2.69. The number of rotatable bonds is 4. The Balaban J connectivity index is 1.99. The van der Waals surface area contributed by atoms with Gasteiger partial charge >= 0.3 is 5.97 Å². The molecular weight excluding hydrogens is 486 g/mol. The van der Waals surface area contributed by atoms with Crippen LogP contribution in [0.4, 0.5) is 11.4 Å². The maximum atomic E-state index is 14.7. The highest BCUT2D eigenvalue weighted by Gasteiger charge is 2.84. The summed E-state index contributed by atoms with van der Waals surface area (Å²) >= 11 is 3.57. The fourth-order valence-electron chi connectivity index (χ4n) is 6.45. The molecule has 0 aliphatic carbocycles. The van der Waals surface area contributed by atoms with Crippen molar-refractivity contribution in [1.29, 1.82) is 0 Å². The normalized spacial score (nSPS) is 30.0. The van der Waals surface area contributed by atoms with Crippen LogP contribution >= 0.6 is 15.9 Å². The zero-order valence-corrected chi connectivity index (χ0v) is 20.0. The third-order valence-corrected chi connectivity index (χ3v) is 8.47. The lowest BCUT2D eigenvalue weighted by Gasteiger charge is -2.46. The van der Waals surface area contributed by atoms with Crippen molar-refractivity contribution in [1.82, 2.24) is 4.90 Å². The van der Waals surface area contributed by atoms with Crippen LogP contribution in [0.3, 0.4) is 0 Å². The van der Waals surface area contributed by atoms with Gasteiger partial charge in [-0.15, -0.1) is 6.58 Å². The number of nitrogens with one attached hydrogen (secondary N) is 1. The Morgan fingerprint density at radius 1 is 1.18 bits per heavy atom. The summed E-state index contributed by atoms with van der Waals surface area (Å²) in [6.07, 6.45) is 1.65. The predicted molar refractivity (Wildman–Crippen MR) is 128 cm³/mol. The second-order valence-electron chi connectivity index (χ2n) is 8.75. The molecule has 2 aromatic carbocycles. The molecule has 3 atom stereocenters. The minimum Gasteiger partial charge on any atom is -0.468 e. The quantitative estimate of drug-likeness (QED) is 0.389.